The number of para-hydroxylation sites is 1. The Labute approximate surface area is 240 Å². The first kappa shape index (κ1) is 30.2. The van der Waals surface area contributed by atoms with E-state index in [-0.39, 0.29) is 24.2 Å². The van der Waals surface area contributed by atoms with E-state index < -0.39 is 46.7 Å². The Bertz CT molecular complexity index is 1650. The molecule has 1 aliphatic heterocycles. The molecule has 42 heavy (non-hydrogen) atoms. The first-order valence-corrected chi connectivity index (χ1v) is 15.3. The number of aliphatic hydroxyl groups excluding tert-OH is 2. The van der Waals surface area contributed by atoms with E-state index in [0.29, 0.717) is 17.0 Å². The maximum absolute atomic E-state index is 12.3. The van der Waals surface area contributed by atoms with Crippen molar-refractivity contribution in [1.82, 2.24) is 14.2 Å². The molecule has 0 aliphatic carbocycles. The molecule has 16 heteroatoms. The zero-order valence-electron chi connectivity index (χ0n) is 22.3. The van der Waals surface area contributed by atoms with Crippen molar-refractivity contribution < 1.29 is 47.1 Å². The van der Waals surface area contributed by atoms with E-state index in [0.717, 1.165) is 0 Å². The van der Waals surface area contributed by atoms with Gasteiger partial charge in [-0.1, -0.05) is 48.5 Å². The van der Waals surface area contributed by atoms with Crippen molar-refractivity contribution in [2.45, 2.75) is 44.2 Å². The van der Waals surface area contributed by atoms with Gasteiger partial charge in [-0.05, 0) is 36.8 Å². The number of benzene rings is 2. The Balaban J connectivity index is 1.25. The van der Waals surface area contributed by atoms with Gasteiger partial charge < -0.3 is 19.8 Å². The molecule has 6 atom stereocenters. The largest absolute Gasteiger partial charge is 0.750 e. The monoisotopic (exact) mass is 619 g/mol. The van der Waals surface area contributed by atoms with Gasteiger partial charge in [-0.2, -0.15) is 5.10 Å². The van der Waals surface area contributed by atoms with Gasteiger partial charge in [0.1, 0.15) is 49.1 Å². The van der Waals surface area contributed by atoms with Crippen molar-refractivity contribution in [1.29, 1.82) is 5.41 Å². The summed E-state index contributed by atoms with van der Waals surface area (Å²) in [6, 6.07) is 20.4. The minimum absolute atomic E-state index is 0.120. The quantitative estimate of drug-likeness (QED) is 0.171. The SMILES string of the molecule is C[C@@]1(c2ccc3c(=N)n(COP(=O)(O)OCc4ccccc4)cnn23)O[C@H](CO[P+](=O)Oc2ccccc2)[C@@H](O)[C@H]1O. The number of nitrogens with zero attached hydrogens (tertiary/aromatic N) is 3. The fourth-order valence-corrected chi connectivity index (χ4v) is 5.76. The molecule has 0 amide bonds. The second-order valence-electron chi connectivity index (χ2n) is 9.57. The summed E-state index contributed by atoms with van der Waals surface area (Å²) < 4.78 is 53.7. The summed E-state index contributed by atoms with van der Waals surface area (Å²) >= 11 is 0. The molecule has 5 rings (SSSR count). The standard InChI is InChI=1S/C26H28N4O10P2/c1-26(24(32)23(31)21(39-26)15-36-41(33)40-19-10-6-3-7-11-19)22-13-12-20-25(27)29(16-28-30(20)22)17-38-42(34,35)37-14-18-8-4-2-5-9-18/h2-13,16,21,23-24,27,31-32H,14-15,17H2,1H3/p+1/t21-,23-,24-,26+/m1/s1. The molecule has 222 valence electrons. The van der Waals surface area contributed by atoms with Gasteiger partial charge in [0.25, 0.3) is 0 Å². The highest BCUT2D eigenvalue weighted by atomic mass is 31.2. The molecule has 0 bridgehead atoms. The lowest BCUT2D eigenvalue weighted by atomic mass is 9.93. The average Bonchev–Trinajstić information content (AvgIpc) is 3.52. The third kappa shape index (κ3) is 6.52. The first-order chi connectivity index (χ1) is 20.1. The highest BCUT2D eigenvalue weighted by Crippen LogP contribution is 2.44. The fourth-order valence-electron chi connectivity index (χ4n) is 4.48. The lowest BCUT2D eigenvalue weighted by molar-refractivity contribution is -0.0867. The van der Waals surface area contributed by atoms with Gasteiger partial charge in [0, 0.05) is 4.57 Å². The van der Waals surface area contributed by atoms with Crippen LogP contribution >= 0.6 is 16.1 Å². The maximum atomic E-state index is 12.3. The average molecular weight is 619 g/mol. The Morgan fingerprint density at radius 2 is 1.76 bits per heavy atom. The van der Waals surface area contributed by atoms with E-state index in [4.69, 9.17) is 28.2 Å². The van der Waals surface area contributed by atoms with Crippen LogP contribution < -0.4 is 10.0 Å². The lowest BCUT2D eigenvalue weighted by Crippen LogP contribution is -2.40. The van der Waals surface area contributed by atoms with Crippen LogP contribution in [0.25, 0.3) is 5.52 Å². The summed E-state index contributed by atoms with van der Waals surface area (Å²) in [5.74, 6) is 0.345. The van der Waals surface area contributed by atoms with Crippen LogP contribution in [0.15, 0.2) is 79.1 Å². The van der Waals surface area contributed by atoms with E-state index in [1.807, 2.05) is 6.07 Å². The van der Waals surface area contributed by atoms with Gasteiger partial charge in [0.05, 0.1) is 12.3 Å². The molecule has 0 radical (unpaired) electrons. The molecule has 4 aromatic rings. The Hall–Kier alpha value is -3.29. The molecule has 1 aliphatic rings. The number of hydrogen-bond acceptors (Lipinski definition) is 11. The number of ether oxygens (including phenoxy) is 1. The van der Waals surface area contributed by atoms with Crippen LogP contribution in [0, 0.1) is 5.41 Å². The van der Waals surface area contributed by atoms with Gasteiger partial charge in [0.2, 0.25) is 0 Å². The number of aliphatic hydroxyl groups is 2. The Morgan fingerprint density at radius 1 is 1.07 bits per heavy atom. The van der Waals surface area contributed by atoms with E-state index >= 15 is 0 Å². The van der Waals surface area contributed by atoms with Crippen LogP contribution in [0.2, 0.25) is 0 Å². The molecule has 4 N–H and O–H groups in total. The molecular formula is C26H29N4O10P2+. The first-order valence-electron chi connectivity index (χ1n) is 12.7. The van der Waals surface area contributed by atoms with Crippen LogP contribution in [-0.4, -0.2) is 54.2 Å². The zero-order valence-corrected chi connectivity index (χ0v) is 24.1. The fraction of sp³-hybridized carbons (Fsp3) is 0.308. The zero-order chi connectivity index (χ0) is 29.9. The highest BCUT2D eigenvalue weighted by molar-refractivity contribution is 7.47. The number of phosphoric ester groups is 1. The molecule has 2 aromatic carbocycles. The molecule has 0 saturated carbocycles. The predicted octanol–water partition coefficient (Wildman–Crippen LogP) is 3.00. The van der Waals surface area contributed by atoms with E-state index in [1.165, 1.54) is 15.4 Å². The maximum Gasteiger partial charge on any atom is 0.750 e. The molecule has 2 unspecified atom stereocenters. The topological polar surface area (TPSA) is 187 Å². The number of hydrogen-bond donors (Lipinski definition) is 4. The predicted molar refractivity (Wildman–Crippen MR) is 146 cm³/mol. The summed E-state index contributed by atoms with van der Waals surface area (Å²) in [5.41, 5.74) is -0.339. The molecule has 1 saturated heterocycles. The van der Waals surface area contributed by atoms with Crippen molar-refractivity contribution in [2.24, 2.45) is 0 Å². The number of phosphoric acid groups is 1. The molecule has 3 heterocycles. The van der Waals surface area contributed by atoms with Crippen LogP contribution in [0.4, 0.5) is 0 Å². The molecule has 2 aromatic heterocycles. The van der Waals surface area contributed by atoms with Gasteiger partial charge in [0.15, 0.2) is 11.2 Å². The summed E-state index contributed by atoms with van der Waals surface area (Å²) in [6.45, 7) is 0.580. The number of fused-ring (bicyclic) bond motifs is 1. The van der Waals surface area contributed by atoms with Crippen LogP contribution in [0.5, 0.6) is 5.75 Å². The lowest BCUT2D eigenvalue weighted by Gasteiger charge is -2.27. The van der Waals surface area contributed by atoms with Gasteiger partial charge in [-0.25, -0.2) is 13.6 Å². The van der Waals surface area contributed by atoms with Crippen LogP contribution in [-0.2, 0) is 46.4 Å². The summed E-state index contributed by atoms with van der Waals surface area (Å²) in [4.78, 5) is 10.1. The normalized spacial score (nSPS) is 24.0. The van der Waals surface area contributed by atoms with Gasteiger partial charge in [-0.15, -0.1) is 4.52 Å². The number of nitrogens with one attached hydrogen (secondary N) is 1. The third-order valence-corrected chi connectivity index (χ3v) is 8.35. The number of rotatable bonds is 12. The Morgan fingerprint density at radius 3 is 2.48 bits per heavy atom. The van der Waals surface area contributed by atoms with E-state index in [2.05, 4.69) is 5.10 Å². The Kier molecular flexibility index (Phi) is 9.00. The molecular weight excluding hydrogens is 590 g/mol. The highest BCUT2D eigenvalue weighted by Gasteiger charge is 2.54. The summed E-state index contributed by atoms with van der Waals surface area (Å²) in [7, 11) is -7.02. The van der Waals surface area contributed by atoms with Crippen molar-refractivity contribution >= 4 is 21.6 Å². The minimum Gasteiger partial charge on any atom is -0.387 e. The molecule has 0 spiro atoms. The van der Waals surface area contributed by atoms with Crippen LogP contribution in [0.3, 0.4) is 0 Å². The third-order valence-electron chi connectivity index (χ3n) is 6.73. The second kappa shape index (κ2) is 12.5. The van der Waals surface area contributed by atoms with Gasteiger partial charge in [-0.3, -0.25) is 19.0 Å². The molecule has 1 fully saturated rings. The van der Waals surface area contributed by atoms with E-state index in [1.54, 1.807) is 73.7 Å². The molecule has 14 nitrogen and oxygen atoms in total. The van der Waals surface area contributed by atoms with Crippen molar-refractivity contribution in [3.63, 3.8) is 0 Å². The van der Waals surface area contributed by atoms with Gasteiger partial charge >= 0.3 is 16.1 Å². The minimum atomic E-state index is -4.44. The van der Waals surface area contributed by atoms with Crippen LogP contribution in [0.1, 0.15) is 18.2 Å². The summed E-state index contributed by atoms with van der Waals surface area (Å²) in [5, 5.41) is 34.5. The second-order valence-corrected chi connectivity index (χ2v) is 11.9. The van der Waals surface area contributed by atoms with Crippen molar-refractivity contribution in [2.75, 3.05) is 6.61 Å². The van der Waals surface area contributed by atoms with Crippen molar-refractivity contribution in [3.8, 4) is 5.75 Å². The summed E-state index contributed by atoms with van der Waals surface area (Å²) in [6.07, 6.45) is -2.66. The smallest absolute Gasteiger partial charge is 0.387 e. The van der Waals surface area contributed by atoms with Crippen molar-refractivity contribution in [3.05, 3.63) is 95.9 Å². The number of aromatic nitrogens is 3. The van der Waals surface area contributed by atoms with E-state index in [9.17, 15) is 24.2 Å².